The summed E-state index contributed by atoms with van der Waals surface area (Å²) in [4.78, 5) is 14.5. The zero-order valence-electron chi connectivity index (χ0n) is 17.5. The molecule has 1 heterocycles. The zero-order chi connectivity index (χ0) is 21.9. The quantitative estimate of drug-likeness (QED) is 0.759. The normalized spacial score (nSPS) is 17.1. The van der Waals surface area contributed by atoms with Crippen molar-refractivity contribution in [3.8, 4) is 0 Å². The number of rotatable bonds is 6. The van der Waals surface area contributed by atoms with E-state index in [1.54, 1.807) is 0 Å². The van der Waals surface area contributed by atoms with E-state index in [1.165, 1.54) is 28.1 Å². The van der Waals surface area contributed by atoms with Crippen molar-refractivity contribution in [3.63, 3.8) is 0 Å². The largest absolute Gasteiger partial charge is 0.325 e. The maximum atomic E-state index is 13.4. The number of carbonyl (C=O) groups excluding carboxylic acids is 1. The van der Waals surface area contributed by atoms with E-state index in [0.717, 1.165) is 11.8 Å². The number of hydrogen-bond donors (Lipinski definition) is 1. The van der Waals surface area contributed by atoms with Crippen LogP contribution in [0.5, 0.6) is 0 Å². The third-order valence-corrected chi connectivity index (χ3v) is 7.37. The van der Waals surface area contributed by atoms with Crippen LogP contribution >= 0.6 is 0 Å². The van der Waals surface area contributed by atoms with Gasteiger partial charge in [-0.1, -0.05) is 32.0 Å². The Morgan fingerprint density at radius 1 is 1.00 bits per heavy atom. The minimum atomic E-state index is -3.75. The van der Waals surface area contributed by atoms with Crippen LogP contribution in [0.3, 0.4) is 0 Å². The van der Waals surface area contributed by atoms with Crippen molar-refractivity contribution < 1.29 is 17.6 Å². The number of nitrogens with one attached hydrogen (secondary N) is 1. The topological polar surface area (TPSA) is 69.7 Å². The third kappa shape index (κ3) is 5.06. The van der Waals surface area contributed by atoms with Crippen LogP contribution in [0.15, 0.2) is 53.4 Å². The second kappa shape index (κ2) is 9.24. The van der Waals surface area contributed by atoms with Gasteiger partial charge in [0.2, 0.25) is 15.9 Å². The molecular weight excluding hydrogens is 405 g/mol. The van der Waals surface area contributed by atoms with Crippen LogP contribution in [0, 0.1) is 5.82 Å². The lowest BCUT2D eigenvalue weighted by Gasteiger charge is -2.36. The number of anilines is 1. The van der Waals surface area contributed by atoms with Crippen LogP contribution in [0.25, 0.3) is 0 Å². The second-order valence-electron chi connectivity index (χ2n) is 7.84. The highest BCUT2D eigenvalue weighted by molar-refractivity contribution is 7.89. The summed E-state index contributed by atoms with van der Waals surface area (Å²) in [7, 11) is -3.75. The van der Waals surface area contributed by atoms with Gasteiger partial charge in [-0.25, -0.2) is 12.8 Å². The average Bonchev–Trinajstić information content (AvgIpc) is 2.73. The molecule has 0 saturated carbocycles. The molecule has 2 aromatic carbocycles. The van der Waals surface area contributed by atoms with Crippen molar-refractivity contribution in [3.05, 3.63) is 59.9 Å². The Balaban J connectivity index is 1.58. The zero-order valence-corrected chi connectivity index (χ0v) is 18.3. The van der Waals surface area contributed by atoms with E-state index in [1.807, 2.05) is 36.1 Å². The highest BCUT2D eigenvalue weighted by atomic mass is 32.2. The molecule has 30 heavy (non-hydrogen) atoms. The van der Waals surface area contributed by atoms with Crippen LogP contribution in [0.1, 0.15) is 32.3 Å². The number of hydrogen-bond acceptors (Lipinski definition) is 4. The number of amides is 1. The van der Waals surface area contributed by atoms with Gasteiger partial charge in [-0.3, -0.25) is 9.69 Å². The fraction of sp³-hybridized carbons (Fsp3) is 0.409. The monoisotopic (exact) mass is 433 g/mol. The van der Waals surface area contributed by atoms with E-state index in [9.17, 15) is 17.6 Å². The molecule has 8 heteroatoms. The standard InChI is InChI=1S/C22H28FN3O3S/c1-16(2)18-7-9-20(10-8-18)24-22(27)17(3)25-11-13-26(14-12-25)30(28,29)21-6-4-5-19(23)15-21/h4-10,15-17H,11-14H2,1-3H3,(H,24,27)/t17-/m0/s1. The highest BCUT2D eigenvalue weighted by Gasteiger charge is 2.32. The molecule has 1 saturated heterocycles. The lowest BCUT2D eigenvalue weighted by atomic mass is 10.0. The fourth-order valence-electron chi connectivity index (χ4n) is 3.47. The highest BCUT2D eigenvalue weighted by Crippen LogP contribution is 2.20. The molecule has 1 amide bonds. The third-order valence-electron chi connectivity index (χ3n) is 5.48. The van der Waals surface area contributed by atoms with Gasteiger partial charge in [0.25, 0.3) is 0 Å². The molecule has 0 spiro atoms. The van der Waals surface area contributed by atoms with Crippen molar-refractivity contribution >= 4 is 21.6 Å². The summed E-state index contributed by atoms with van der Waals surface area (Å²) < 4.78 is 40.2. The molecule has 2 aromatic rings. The molecule has 0 unspecified atom stereocenters. The van der Waals surface area contributed by atoms with E-state index in [0.29, 0.717) is 19.0 Å². The molecule has 162 valence electrons. The molecular formula is C22H28FN3O3S. The Labute approximate surface area is 177 Å². The van der Waals surface area contributed by atoms with Crippen LogP contribution in [0.4, 0.5) is 10.1 Å². The predicted molar refractivity (Wildman–Crippen MR) is 115 cm³/mol. The molecule has 0 aromatic heterocycles. The van der Waals surface area contributed by atoms with Gasteiger partial charge in [0, 0.05) is 31.9 Å². The van der Waals surface area contributed by atoms with Gasteiger partial charge in [0.1, 0.15) is 5.82 Å². The molecule has 1 fully saturated rings. The van der Waals surface area contributed by atoms with Gasteiger partial charge >= 0.3 is 0 Å². The smallest absolute Gasteiger partial charge is 0.243 e. The fourth-order valence-corrected chi connectivity index (χ4v) is 4.93. The van der Waals surface area contributed by atoms with Gasteiger partial charge in [-0.05, 0) is 48.7 Å². The average molecular weight is 434 g/mol. The van der Waals surface area contributed by atoms with Crippen LogP contribution < -0.4 is 5.32 Å². The number of sulfonamides is 1. The number of benzene rings is 2. The minimum absolute atomic E-state index is 0.0495. The molecule has 1 atom stereocenters. The van der Waals surface area contributed by atoms with E-state index < -0.39 is 21.9 Å². The van der Waals surface area contributed by atoms with E-state index >= 15 is 0 Å². The molecule has 1 N–H and O–H groups in total. The summed E-state index contributed by atoms with van der Waals surface area (Å²) in [6.07, 6.45) is 0. The first-order valence-electron chi connectivity index (χ1n) is 10.1. The molecule has 0 aliphatic carbocycles. The van der Waals surface area contributed by atoms with E-state index in [-0.39, 0.29) is 23.9 Å². The first kappa shape index (κ1) is 22.4. The Morgan fingerprint density at radius 3 is 2.20 bits per heavy atom. The lowest BCUT2D eigenvalue weighted by molar-refractivity contribution is -0.121. The number of nitrogens with zero attached hydrogens (tertiary/aromatic N) is 2. The maximum Gasteiger partial charge on any atom is 0.243 e. The van der Waals surface area contributed by atoms with E-state index in [2.05, 4.69) is 19.2 Å². The molecule has 6 nitrogen and oxygen atoms in total. The molecule has 3 rings (SSSR count). The van der Waals surface area contributed by atoms with Crippen molar-refractivity contribution in [1.29, 1.82) is 0 Å². The summed E-state index contributed by atoms with van der Waals surface area (Å²) in [5.41, 5.74) is 1.94. The summed E-state index contributed by atoms with van der Waals surface area (Å²) >= 11 is 0. The van der Waals surface area contributed by atoms with Crippen molar-refractivity contribution in [1.82, 2.24) is 9.21 Å². The van der Waals surface area contributed by atoms with Crippen LogP contribution in [0.2, 0.25) is 0 Å². The maximum absolute atomic E-state index is 13.4. The summed E-state index contributed by atoms with van der Waals surface area (Å²) in [6, 6.07) is 12.4. The van der Waals surface area contributed by atoms with Crippen molar-refractivity contribution in [2.75, 3.05) is 31.5 Å². The van der Waals surface area contributed by atoms with Gasteiger partial charge in [0.05, 0.1) is 10.9 Å². The molecule has 0 radical (unpaired) electrons. The van der Waals surface area contributed by atoms with Crippen LogP contribution in [-0.2, 0) is 14.8 Å². The first-order chi connectivity index (χ1) is 14.2. The van der Waals surface area contributed by atoms with E-state index in [4.69, 9.17) is 0 Å². The lowest BCUT2D eigenvalue weighted by Crippen LogP contribution is -2.53. The van der Waals surface area contributed by atoms with Crippen LogP contribution in [-0.4, -0.2) is 55.8 Å². The second-order valence-corrected chi connectivity index (χ2v) is 9.78. The number of carbonyl (C=O) groups is 1. The SMILES string of the molecule is CC(C)c1ccc(NC(=O)[C@H](C)N2CCN(S(=O)(=O)c3cccc(F)c3)CC2)cc1. The van der Waals surface area contributed by atoms with Gasteiger partial charge in [-0.2, -0.15) is 4.31 Å². The van der Waals surface area contributed by atoms with Crippen molar-refractivity contribution in [2.45, 2.75) is 37.6 Å². The molecule has 1 aliphatic heterocycles. The Kier molecular flexibility index (Phi) is 6.90. The van der Waals surface area contributed by atoms with Gasteiger partial charge in [0.15, 0.2) is 0 Å². The number of piperazine rings is 1. The molecule has 1 aliphatic rings. The minimum Gasteiger partial charge on any atom is -0.325 e. The summed E-state index contributed by atoms with van der Waals surface area (Å²) in [6.45, 7) is 7.39. The summed E-state index contributed by atoms with van der Waals surface area (Å²) in [5, 5.41) is 2.92. The van der Waals surface area contributed by atoms with Gasteiger partial charge < -0.3 is 5.32 Å². The Morgan fingerprint density at radius 2 is 1.63 bits per heavy atom. The predicted octanol–water partition coefficient (Wildman–Crippen LogP) is 3.28. The van der Waals surface area contributed by atoms with Gasteiger partial charge in [-0.15, -0.1) is 0 Å². The Bertz CT molecular complexity index is 985. The first-order valence-corrected chi connectivity index (χ1v) is 11.5. The van der Waals surface area contributed by atoms with Crippen molar-refractivity contribution in [2.24, 2.45) is 0 Å². The summed E-state index contributed by atoms with van der Waals surface area (Å²) in [5.74, 6) is -0.288. The Hall–Kier alpha value is -2.29. The molecule has 0 bridgehead atoms. The number of halogens is 1.